The lowest BCUT2D eigenvalue weighted by molar-refractivity contribution is 0.809. The van der Waals surface area contributed by atoms with Gasteiger partial charge in [0.25, 0.3) is 0 Å². The number of thioether (sulfide) groups is 1. The van der Waals surface area contributed by atoms with Crippen LogP contribution in [0.5, 0.6) is 0 Å². The lowest BCUT2D eigenvalue weighted by Gasteiger charge is -2.18. The SMILES string of the molecule is CSCCN(C)c1ccc(C(C)N)cn1. The van der Waals surface area contributed by atoms with Gasteiger partial charge in [-0.1, -0.05) is 6.07 Å². The Labute approximate surface area is 96.1 Å². The van der Waals surface area contributed by atoms with Crippen LogP contribution in [0.4, 0.5) is 5.82 Å². The lowest BCUT2D eigenvalue weighted by Crippen LogP contribution is -2.21. The Morgan fingerprint density at radius 2 is 2.27 bits per heavy atom. The summed E-state index contributed by atoms with van der Waals surface area (Å²) in [6.07, 6.45) is 3.97. The molecule has 1 rings (SSSR count). The maximum atomic E-state index is 5.76. The van der Waals surface area contributed by atoms with E-state index >= 15 is 0 Å². The van der Waals surface area contributed by atoms with Gasteiger partial charge >= 0.3 is 0 Å². The molecule has 0 radical (unpaired) electrons. The molecule has 1 unspecified atom stereocenters. The van der Waals surface area contributed by atoms with E-state index in [4.69, 9.17) is 5.73 Å². The Morgan fingerprint density at radius 1 is 1.53 bits per heavy atom. The molecule has 0 amide bonds. The molecular formula is C11H19N3S. The Balaban J connectivity index is 2.62. The van der Waals surface area contributed by atoms with Crippen molar-refractivity contribution in [1.82, 2.24) is 4.98 Å². The summed E-state index contributed by atoms with van der Waals surface area (Å²) in [5.41, 5.74) is 6.84. The van der Waals surface area contributed by atoms with E-state index in [1.807, 2.05) is 37.0 Å². The summed E-state index contributed by atoms with van der Waals surface area (Å²) in [4.78, 5) is 6.54. The van der Waals surface area contributed by atoms with E-state index in [0.717, 1.165) is 23.7 Å². The molecule has 0 aliphatic carbocycles. The molecule has 2 N–H and O–H groups in total. The van der Waals surface area contributed by atoms with Crippen molar-refractivity contribution >= 4 is 17.6 Å². The maximum Gasteiger partial charge on any atom is 0.128 e. The first-order chi connectivity index (χ1) is 7.15. The highest BCUT2D eigenvalue weighted by Gasteiger charge is 2.03. The van der Waals surface area contributed by atoms with Gasteiger partial charge in [-0.15, -0.1) is 0 Å². The summed E-state index contributed by atoms with van der Waals surface area (Å²) in [7, 11) is 2.06. The quantitative estimate of drug-likeness (QED) is 0.831. The zero-order valence-corrected chi connectivity index (χ0v) is 10.4. The standard InChI is InChI=1S/C11H19N3S/c1-9(12)10-4-5-11(13-8-10)14(2)6-7-15-3/h4-5,8-9H,6-7,12H2,1-3H3. The molecule has 1 atom stereocenters. The number of nitrogens with zero attached hydrogens (tertiary/aromatic N) is 2. The lowest BCUT2D eigenvalue weighted by atomic mass is 10.1. The van der Waals surface area contributed by atoms with Crippen molar-refractivity contribution in [1.29, 1.82) is 0 Å². The molecule has 1 aromatic rings. The average Bonchev–Trinajstić information content (AvgIpc) is 2.26. The number of nitrogens with two attached hydrogens (primary N) is 1. The van der Waals surface area contributed by atoms with Crippen LogP contribution in [0.2, 0.25) is 0 Å². The molecule has 15 heavy (non-hydrogen) atoms. The van der Waals surface area contributed by atoms with E-state index < -0.39 is 0 Å². The van der Waals surface area contributed by atoms with Crippen molar-refractivity contribution in [2.45, 2.75) is 13.0 Å². The molecule has 0 bridgehead atoms. The maximum absolute atomic E-state index is 5.76. The van der Waals surface area contributed by atoms with Gasteiger partial charge in [-0.2, -0.15) is 11.8 Å². The monoisotopic (exact) mass is 225 g/mol. The van der Waals surface area contributed by atoms with Crippen LogP contribution >= 0.6 is 11.8 Å². The summed E-state index contributed by atoms with van der Waals surface area (Å²) in [5, 5.41) is 0. The molecule has 1 heterocycles. The summed E-state index contributed by atoms with van der Waals surface area (Å²) in [6.45, 7) is 2.99. The number of pyridine rings is 1. The van der Waals surface area contributed by atoms with Crippen molar-refractivity contribution in [3.63, 3.8) is 0 Å². The van der Waals surface area contributed by atoms with Crippen molar-refractivity contribution in [2.24, 2.45) is 5.73 Å². The van der Waals surface area contributed by atoms with E-state index in [9.17, 15) is 0 Å². The molecular weight excluding hydrogens is 206 g/mol. The summed E-state index contributed by atoms with van der Waals surface area (Å²) >= 11 is 1.84. The van der Waals surface area contributed by atoms with Gasteiger partial charge in [0.2, 0.25) is 0 Å². The van der Waals surface area contributed by atoms with Crippen molar-refractivity contribution in [3.05, 3.63) is 23.9 Å². The van der Waals surface area contributed by atoms with Gasteiger partial charge in [0.05, 0.1) is 0 Å². The largest absolute Gasteiger partial charge is 0.359 e. The fourth-order valence-electron chi connectivity index (χ4n) is 1.24. The molecule has 0 saturated carbocycles. The predicted octanol–water partition coefficient (Wildman–Crippen LogP) is 1.90. The molecule has 0 saturated heterocycles. The molecule has 0 aliphatic rings. The highest BCUT2D eigenvalue weighted by Crippen LogP contribution is 2.13. The van der Waals surface area contributed by atoms with Crippen LogP contribution in [0.15, 0.2) is 18.3 Å². The van der Waals surface area contributed by atoms with Crippen LogP contribution in [0.25, 0.3) is 0 Å². The molecule has 0 aromatic carbocycles. The number of hydrogen-bond donors (Lipinski definition) is 1. The highest BCUT2D eigenvalue weighted by molar-refractivity contribution is 7.98. The third-order valence-corrected chi connectivity index (χ3v) is 2.91. The van der Waals surface area contributed by atoms with Crippen molar-refractivity contribution in [2.75, 3.05) is 30.5 Å². The van der Waals surface area contributed by atoms with Gasteiger partial charge in [-0.05, 0) is 24.8 Å². The molecule has 0 fully saturated rings. The fraction of sp³-hybridized carbons (Fsp3) is 0.545. The van der Waals surface area contributed by atoms with Crippen molar-refractivity contribution in [3.8, 4) is 0 Å². The third kappa shape index (κ3) is 3.72. The molecule has 4 heteroatoms. The third-order valence-electron chi connectivity index (χ3n) is 2.32. The summed E-state index contributed by atoms with van der Waals surface area (Å²) in [5.74, 6) is 2.13. The Bertz CT molecular complexity index is 284. The first kappa shape index (κ1) is 12.3. The minimum absolute atomic E-state index is 0.0584. The van der Waals surface area contributed by atoms with E-state index in [1.165, 1.54) is 0 Å². The van der Waals surface area contributed by atoms with Crippen molar-refractivity contribution < 1.29 is 0 Å². The van der Waals surface area contributed by atoms with Gasteiger partial charge in [0.1, 0.15) is 5.82 Å². The average molecular weight is 225 g/mol. The molecule has 84 valence electrons. The van der Waals surface area contributed by atoms with E-state index in [0.29, 0.717) is 0 Å². The van der Waals surface area contributed by atoms with Gasteiger partial charge in [-0.3, -0.25) is 0 Å². The van der Waals surface area contributed by atoms with Crippen LogP contribution in [0.3, 0.4) is 0 Å². The molecule has 1 aromatic heterocycles. The van der Waals surface area contributed by atoms with Gasteiger partial charge in [0, 0.05) is 31.6 Å². The zero-order chi connectivity index (χ0) is 11.3. The normalized spacial score (nSPS) is 12.5. The van der Waals surface area contributed by atoms with Crippen LogP contribution in [-0.4, -0.2) is 30.6 Å². The van der Waals surface area contributed by atoms with Crippen LogP contribution in [0.1, 0.15) is 18.5 Å². The second-order valence-electron chi connectivity index (χ2n) is 3.65. The van der Waals surface area contributed by atoms with Gasteiger partial charge in [0.15, 0.2) is 0 Å². The van der Waals surface area contributed by atoms with E-state index in [-0.39, 0.29) is 6.04 Å². The second-order valence-corrected chi connectivity index (χ2v) is 4.64. The van der Waals surface area contributed by atoms with E-state index in [1.54, 1.807) is 0 Å². The number of aromatic nitrogens is 1. The highest BCUT2D eigenvalue weighted by atomic mass is 32.2. The number of hydrogen-bond acceptors (Lipinski definition) is 4. The van der Waals surface area contributed by atoms with E-state index in [2.05, 4.69) is 23.2 Å². The first-order valence-corrected chi connectivity index (χ1v) is 6.46. The second kappa shape index (κ2) is 5.98. The fourth-order valence-corrected chi connectivity index (χ4v) is 1.69. The first-order valence-electron chi connectivity index (χ1n) is 5.06. The minimum atomic E-state index is 0.0584. The smallest absolute Gasteiger partial charge is 0.128 e. The van der Waals surface area contributed by atoms with Crippen LogP contribution in [0, 0.1) is 0 Å². The summed E-state index contributed by atoms with van der Waals surface area (Å²) < 4.78 is 0. The minimum Gasteiger partial charge on any atom is -0.359 e. The van der Waals surface area contributed by atoms with Crippen LogP contribution < -0.4 is 10.6 Å². The molecule has 0 spiro atoms. The van der Waals surface area contributed by atoms with Gasteiger partial charge in [-0.25, -0.2) is 4.98 Å². The Hall–Kier alpha value is -0.740. The zero-order valence-electron chi connectivity index (χ0n) is 9.60. The number of rotatable bonds is 5. The molecule has 0 aliphatic heterocycles. The molecule has 3 nitrogen and oxygen atoms in total. The Morgan fingerprint density at radius 3 is 2.73 bits per heavy atom. The Kier molecular flexibility index (Phi) is 4.91. The summed E-state index contributed by atoms with van der Waals surface area (Å²) in [6, 6.07) is 4.13. The number of anilines is 1. The van der Waals surface area contributed by atoms with Crippen LogP contribution in [-0.2, 0) is 0 Å². The topological polar surface area (TPSA) is 42.1 Å². The van der Waals surface area contributed by atoms with Gasteiger partial charge < -0.3 is 10.6 Å². The predicted molar refractivity (Wildman–Crippen MR) is 68.5 cm³/mol.